The van der Waals surface area contributed by atoms with Crippen LogP contribution in [0.15, 0.2) is 0 Å². The summed E-state index contributed by atoms with van der Waals surface area (Å²) in [7, 11) is 0. The Bertz CT molecular complexity index is 239. The van der Waals surface area contributed by atoms with Gasteiger partial charge in [-0.1, -0.05) is 0 Å². The number of hydrogen-bond acceptors (Lipinski definition) is 4. The molecule has 2 aliphatic rings. The number of hydrogen-bond donors (Lipinski definition) is 2. The molecule has 0 aromatic carbocycles. The van der Waals surface area contributed by atoms with Gasteiger partial charge in [0, 0.05) is 26.2 Å². The third-order valence-corrected chi connectivity index (χ3v) is 3.20. The minimum absolute atomic E-state index is 0.0239. The third-order valence-electron chi connectivity index (χ3n) is 3.20. The maximum atomic E-state index is 11.7. The quantitative estimate of drug-likeness (QED) is 0.670. The van der Waals surface area contributed by atoms with Crippen LogP contribution in [0.4, 0.5) is 0 Å². The van der Waals surface area contributed by atoms with Crippen LogP contribution in [0.2, 0.25) is 0 Å². The maximum absolute atomic E-state index is 11.7. The van der Waals surface area contributed by atoms with Crippen LogP contribution in [0.3, 0.4) is 0 Å². The summed E-state index contributed by atoms with van der Waals surface area (Å²) in [5.41, 5.74) is 8.75. The highest BCUT2D eigenvalue weighted by Gasteiger charge is 2.43. The van der Waals surface area contributed by atoms with Gasteiger partial charge in [-0.3, -0.25) is 9.80 Å². The lowest BCUT2D eigenvalue weighted by molar-refractivity contribution is -0.129. The second-order valence-electron chi connectivity index (χ2n) is 4.37. The fourth-order valence-corrected chi connectivity index (χ4v) is 2.25. The van der Waals surface area contributed by atoms with E-state index in [0.717, 1.165) is 39.0 Å². The van der Waals surface area contributed by atoms with E-state index in [0.29, 0.717) is 13.0 Å². The molecule has 2 rings (SSSR count). The van der Waals surface area contributed by atoms with Gasteiger partial charge in [0.15, 0.2) is 0 Å². The van der Waals surface area contributed by atoms with Crippen LogP contribution in [0.5, 0.6) is 0 Å². The number of nitrogens with two attached hydrogens (primary N) is 1. The molecule has 1 amide bonds. The Kier molecular flexibility index (Phi) is 3.23. The molecular weight excluding hydrogens is 194 g/mol. The van der Waals surface area contributed by atoms with Crippen LogP contribution in [0, 0.1) is 0 Å². The molecule has 0 radical (unpaired) electrons. The molecule has 3 N–H and O–H groups in total. The summed E-state index contributed by atoms with van der Waals surface area (Å²) in [5.74, 6) is 0.199. The van der Waals surface area contributed by atoms with Crippen molar-refractivity contribution < 1.29 is 9.53 Å². The number of ether oxygens (including phenoxy) is 1. The summed E-state index contributed by atoms with van der Waals surface area (Å²) in [6.45, 7) is 2.86. The number of nitrogens with one attached hydrogen (secondary N) is 1. The fourth-order valence-electron chi connectivity index (χ4n) is 2.25. The maximum Gasteiger partial charge on any atom is 0.238 e. The van der Waals surface area contributed by atoms with E-state index in [1.807, 2.05) is 0 Å². The van der Waals surface area contributed by atoms with E-state index in [1.165, 1.54) is 0 Å². The predicted molar refractivity (Wildman–Crippen MR) is 55.9 cm³/mol. The molecule has 2 fully saturated rings. The van der Waals surface area contributed by atoms with Gasteiger partial charge >= 0.3 is 0 Å². The normalized spacial score (nSPS) is 25.1. The van der Waals surface area contributed by atoms with Crippen molar-refractivity contribution in [2.45, 2.75) is 31.2 Å². The van der Waals surface area contributed by atoms with Crippen molar-refractivity contribution in [2.75, 3.05) is 26.3 Å². The Morgan fingerprint density at radius 1 is 1.47 bits per heavy atom. The van der Waals surface area contributed by atoms with Crippen LogP contribution in [-0.4, -0.2) is 42.8 Å². The van der Waals surface area contributed by atoms with Gasteiger partial charge in [0.1, 0.15) is 0 Å². The van der Waals surface area contributed by atoms with Crippen molar-refractivity contribution in [2.24, 2.45) is 5.73 Å². The Morgan fingerprint density at radius 2 is 2.20 bits per heavy atom. The predicted octanol–water partition coefficient (Wildman–Crippen LogP) is -0.379. The zero-order chi connectivity index (χ0) is 10.7. The first-order valence-electron chi connectivity index (χ1n) is 5.62. The molecule has 0 unspecified atom stereocenters. The molecule has 0 bridgehead atoms. The molecule has 5 nitrogen and oxygen atoms in total. The molecule has 1 spiro atoms. The lowest BCUT2D eigenvalue weighted by atomic mass is 9.89. The van der Waals surface area contributed by atoms with Crippen molar-refractivity contribution in [3.63, 3.8) is 0 Å². The number of hydrazine groups is 1. The molecule has 15 heavy (non-hydrogen) atoms. The van der Waals surface area contributed by atoms with Crippen LogP contribution in [0.25, 0.3) is 0 Å². The summed E-state index contributed by atoms with van der Waals surface area (Å²) >= 11 is 0. The first-order valence-corrected chi connectivity index (χ1v) is 5.62. The molecule has 2 saturated heterocycles. The van der Waals surface area contributed by atoms with E-state index in [-0.39, 0.29) is 11.4 Å². The van der Waals surface area contributed by atoms with Crippen LogP contribution in [0.1, 0.15) is 25.7 Å². The molecule has 0 aliphatic carbocycles. The van der Waals surface area contributed by atoms with E-state index in [9.17, 15) is 4.79 Å². The van der Waals surface area contributed by atoms with Crippen LogP contribution < -0.4 is 11.2 Å². The van der Waals surface area contributed by atoms with Gasteiger partial charge in [0.05, 0.1) is 5.54 Å². The molecule has 2 aliphatic heterocycles. The number of rotatable bonds is 3. The Balaban J connectivity index is 1.92. The van der Waals surface area contributed by atoms with Gasteiger partial charge in [0.25, 0.3) is 0 Å². The van der Waals surface area contributed by atoms with Crippen LogP contribution >= 0.6 is 0 Å². The zero-order valence-corrected chi connectivity index (χ0v) is 9.00. The van der Waals surface area contributed by atoms with Gasteiger partial charge in [-0.05, 0) is 25.8 Å². The molecule has 2 heterocycles. The lowest BCUT2D eigenvalue weighted by Gasteiger charge is -2.33. The van der Waals surface area contributed by atoms with Crippen molar-refractivity contribution in [1.82, 2.24) is 10.4 Å². The topological polar surface area (TPSA) is 67.6 Å². The fraction of sp³-hybridized carbons (Fsp3) is 0.900. The average molecular weight is 213 g/mol. The number of nitrogens with zero attached hydrogens (tertiary/aromatic N) is 1. The highest BCUT2D eigenvalue weighted by atomic mass is 16.5. The smallest absolute Gasteiger partial charge is 0.238 e. The molecule has 5 heteroatoms. The molecule has 0 saturated carbocycles. The molecular formula is C10H19N3O2. The Labute approximate surface area is 89.9 Å². The average Bonchev–Trinajstić information content (AvgIpc) is 2.53. The van der Waals surface area contributed by atoms with Gasteiger partial charge < -0.3 is 10.5 Å². The van der Waals surface area contributed by atoms with Gasteiger partial charge in [-0.2, -0.15) is 0 Å². The molecule has 0 aromatic heterocycles. The van der Waals surface area contributed by atoms with Crippen molar-refractivity contribution in [1.29, 1.82) is 0 Å². The van der Waals surface area contributed by atoms with Crippen LogP contribution in [-0.2, 0) is 9.53 Å². The molecule has 0 atom stereocenters. The van der Waals surface area contributed by atoms with Crippen molar-refractivity contribution >= 4 is 5.91 Å². The molecule has 0 aromatic rings. The summed E-state index contributed by atoms with van der Waals surface area (Å²) < 4.78 is 5.32. The van der Waals surface area contributed by atoms with Gasteiger partial charge in [-0.25, -0.2) is 5.43 Å². The first kappa shape index (κ1) is 10.9. The number of amides is 1. The largest absolute Gasteiger partial charge is 0.381 e. The van der Waals surface area contributed by atoms with Crippen molar-refractivity contribution in [3.05, 3.63) is 0 Å². The lowest BCUT2D eigenvalue weighted by Crippen LogP contribution is -2.49. The summed E-state index contributed by atoms with van der Waals surface area (Å²) in [6, 6.07) is 0. The standard InChI is InChI=1S/C10H19N3O2/c11-4-1-5-13-9(14)8-10(12-13)2-6-15-7-3-10/h12H,1-8,11H2. The summed E-state index contributed by atoms with van der Waals surface area (Å²) in [5, 5.41) is 1.73. The van der Waals surface area contributed by atoms with E-state index < -0.39 is 0 Å². The highest BCUT2D eigenvalue weighted by Crippen LogP contribution is 2.30. The summed E-state index contributed by atoms with van der Waals surface area (Å²) in [4.78, 5) is 11.7. The van der Waals surface area contributed by atoms with Gasteiger partial charge in [-0.15, -0.1) is 0 Å². The third kappa shape index (κ3) is 2.30. The first-order chi connectivity index (χ1) is 7.26. The van der Waals surface area contributed by atoms with Gasteiger partial charge in [0.2, 0.25) is 5.91 Å². The van der Waals surface area contributed by atoms with E-state index in [1.54, 1.807) is 5.01 Å². The number of carbonyl (C=O) groups excluding carboxylic acids is 1. The molecule has 86 valence electrons. The second kappa shape index (κ2) is 4.47. The minimum atomic E-state index is -0.0239. The van der Waals surface area contributed by atoms with E-state index >= 15 is 0 Å². The van der Waals surface area contributed by atoms with Crippen molar-refractivity contribution in [3.8, 4) is 0 Å². The minimum Gasteiger partial charge on any atom is -0.381 e. The van der Waals surface area contributed by atoms with E-state index in [4.69, 9.17) is 10.5 Å². The zero-order valence-electron chi connectivity index (χ0n) is 9.00. The second-order valence-corrected chi connectivity index (χ2v) is 4.37. The number of carbonyl (C=O) groups is 1. The van der Waals surface area contributed by atoms with E-state index in [2.05, 4.69) is 5.43 Å². The Morgan fingerprint density at radius 3 is 2.87 bits per heavy atom. The SMILES string of the molecule is NCCCN1NC2(CCOCC2)CC1=O. The summed E-state index contributed by atoms with van der Waals surface area (Å²) in [6.07, 6.45) is 3.32. The monoisotopic (exact) mass is 213 g/mol. The Hall–Kier alpha value is -0.650. The highest BCUT2D eigenvalue weighted by molar-refractivity contribution is 5.79.